The second-order valence-corrected chi connectivity index (χ2v) is 14.1. The highest BCUT2D eigenvalue weighted by Gasteiger charge is 2.36. The second-order valence-electron chi connectivity index (χ2n) is 14.1. The maximum Gasteiger partial charge on any atom is 0.0410 e. The summed E-state index contributed by atoms with van der Waals surface area (Å²) in [6.45, 7) is 11.5. The molecule has 7 aromatic carbocycles. The molecule has 0 saturated heterocycles. The normalized spacial score (nSPS) is 14.2. The van der Waals surface area contributed by atoms with Crippen LogP contribution in [-0.4, -0.2) is 0 Å². The number of nitrogens with two attached hydrogens (primary N) is 1. The van der Waals surface area contributed by atoms with Gasteiger partial charge in [0.25, 0.3) is 0 Å². The molecule has 0 saturated carbocycles. The molecular formula is C44H43N. The molecule has 0 amide bonds. The largest absolute Gasteiger partial charge is 0.321 e. The Kier molecular flexibility index (Phi) is 6.39. The van der Waals surface area contributed by atoms with E-state index in [1.54, 1.807) is 0 Å². The summed E-state index contributed by atoms with van der Waals surface area (Å²) in [5.74, 6) is 0. The first-order valence-electron chi connectivity index (χ1n) is 17.0. The minimum atomic E-state index is -0.340. The molecule has 7 aromatic rings. The van der Waals surface area contributed by atoms with Gasteiger partial charge in [-0.2, -0.15) is 0 Å². The van der Waals surface area contributed by atoms with Crippen LogP contribution in [0, 0.1) is 0 Å². The van der Waals surface area contributed by atoms with Crippen LogP contribution in [0.3, 0.4) is 0 Å². The standard InChI is InChI=1S/C44H43N/c1-6-9-12-27-17-20-33-28(23-27)13-10-15-32(33)29-18-21-34-35-22-19-31-25-38(44(45,7-2)8-3)36-16-11-14-30-26-39(42(35)41(31)40(30)36)43(4,5)37(34)24-29/h10-11,13-26H,6-9,12,45H2,1-5H3. The zero-order valence-corrected chi connectivity index (χ0v) is 27.4. The van der Waals surface area contributed by atoms with Gasteiger partial charge in [0.1, 0.15) is 0 Å². The van der Waals surface area contributed by atoms with Crippen molar-refractivity contribution in [1.29, 1.82) is 0 Å². The van der Waals surface area contributed by atoms with Gasteiger partial charge in [-0.3, -0.25) is 0 Å². The molecule has 1 nitrogen and oxygen atoms in total. The zero-order valence-electron chi connectivity index (χ0n) is 27.4. The van der Waals surface area contributed by atoms with E-state index >= 15 is 0 Å². The van der Waals surface area contributed by atoms with Gasteiger partial charge in [0, 0.05) is 11.0 Å². The van der Waals surface area contributed by atoms with Crippen LogP contribution in [0.25, 0.3) is 65.3 Å². The van der Waals surface area contributed by atoms with Crippen LogP contribution in [0.4, 0.5) is 0 Å². The predicted molar refractivity (Wildman–Crippen MR) is 196 cm³/mol. The average molecular weight is 586 g/mol. The van der Waals surface area contributed by atoms with E-state index in [9.17, 15) is 0 Å². The van der Waals surface area contributed by atoms with Crippen LogP contribution in [0.1, 0.15) is 82.6 Å². The molecule has 2 N–H and O–H groups in total. The number of hydrogen-bond donors (Lipinski definition) is 1. The summed E-state index contributed by atoms with van der Waals surface area (Å²) in [7, 11) is 0. The third-order valence-electron chi connectivity index (χ3n) is 11.3. The molecule has 0 radical (unpaired) electrons. The maximum absolute atomic E-state index is 7.09. The monoisotopic (exact) mass is 585 g/mol. The summed E-state index contributed by atoms with van der Waals surface area (Å²) in [5.41, 5.74) is 17.4. The highest BCUT2D eigenvalue weighted by molar-refractivity contribution is 6.28. The first-order chi connectivity index (χ1) is 21.8. The van der Waals surface area contributed by atoms with Gasteiger partial charge in [0.2, 0.25) is 0 Å². The Labute approximate surface area is 267 Å². The number of rotatable bonds is 7. The van der Waals surface area contributed by atoms with Crippen molar-refractivity contribution >= 4 is 43.1 Å². The minimum absolute atomic E-state index is 0.159. The fraction of sp³-hybridized carbons (Fsp3) is 0.273. The van der Waals surface area contributed by atoms with E-state index in [1.807, 2.05) is 0 Å². The van der Waals surface area contributed by atoms with Crippen molar-refractivity contribution in [2.75, 3.05) is 0 Å². The summed E-state index contributed by atoms with van der Waals surface area (Å²) in [6, 6.07) is 37.5. The number of unbranched alkanes of at least 4 members (excludes halogenated alkanes) is 1. The van der Waals surface area contributed by atoms with Crippen molar-refractivity contribution in [1.82, 2.24) is 0 Å². The Hall–Kier alpha value is -4.20. The first-order valence-corrected chi connectivity index (χ1v) is 17.0. The number of benzene rings is 7. The molecule has 1 aliphatic rings. The predicted octanol–water partition coefficient (Wildman–Crippen LogP) is 12.0. The Bertz CT molecular complexity index is 2260. The summed E-state index contributed by atoms with van der Waals surface area (Å²) in [5, 5.41) is 10.8. The van der Waals surface area contributed by atoms with Crippen molar-refractivity contribution < 1.29 is 0 Å². The van der Waals surface area contributed by atoms with Crippen molar-refractivity contribution in [3.63, 3.8) is 0 Å². The zero-order chi connectivity index (χ0) is 31.1. The van der Waals surface area contributed by atoms with Gasteiger partial charge in [-0.1, -0.05) is 120 Å². The topological polar surface area (TPSA) is 26.0 Å². The highest BCUT2D eigenvalue weighted by Crippen LogP contribution is 2.53. The van der Waals surface area contributed by atoms with Gasteiger partial charge in [-0.15, -0.1) is 0 Å². The van der Waals surface area contributed by atoms with Crippen molar-refractivity contribution in [3.05, 3.63) is 119 Å². The lowest BCUT2D eigenvalue weighted by atomic mass is 9.66. The van der Waals surface area contributed by atoms with Gasteiger partial charge < -0.3 is 5.73 Å². The fourth-order valence-corrected chi connectivity index (χ4v) is 8.43. The lowest BCUT2D eigenvalue weighted by molar-refractivity contribution is 0.416. The smallest absolute Gasteiger partial charge is 0.0410 e. The van der Waals surface area contributed by atoms with Gasteiger partial charge in [0.05, 0.1) is 0 Å². The molecule has 0 unspecified atom stereocenters. The molecule has 0 fully saturated rings. The molecule has 8 rings (SSSR count). The Morgan fingerprint density at radius 2 is 1.36 bits per heavy atom. The Morgan fingerprint density at radius 1 is 0.600 bits per heavy atom. The Balaban J connectivity index is 1.36. The van der Waals surface area contributed by atoms with Gasteiger partial charge >= 0.3 is 0 Å². The third-order valence-corrected chi connectivity index (χ3v) is 11.3. The van der Waals surface area contributed by atoms with E-state index in [1.165, 1.54) is 100 Å². The quantitative estimate of drug-likeness (QED) is 0.185. The van der Waals surface area contributed by atoms with Gasteiger partial charge in [-0.05, 0) is 131 Å². The minimum Gasteiger partial charge on any atom is -0.321 e. The van der Waals surface area contributed by atoms with E-state index in [-0.39, 0.29) is 11.0 Å². The molecule has 0 heterocycles. The lowest BCUT2D eigenvalue weighted by Gasteiger charge is -2.37. The van der Waals surface area contributed by atoms with E-state index in [4.69, 9.17) is 5.73 Å². The van der Waals surface area contributed by atoms with E-state index < -0.39 is 0 Å². The molecule has 0 aromatic heterocycles. The molecule has 1 heteroatoms. The van der Waals surface area contributed by atoms with E-state index in [2.05, 4.69) is 132 Å². The van der Waals surface area contributed by atoms with Crippen molar-refractivity contribution in [2.45, 2.75) is 77.7 Å². The molecule has 0 atom stereocenters. The van der Waals surface area contributed by atoms with Crippen LogP contribution in [-0.2, 0) is 17.4 Å². The highest BCUT2D eigenvalue weighted by atomic mass is 14.7. The molecule has 0 bridgehead atoms. The molecule has 0 spiro atoms. The Morgan fingerprint density at radius 3 is 2.16 bits per heavy atom. The average Bonchev–Trinajstić information content (AvgIpc) is 3.07. The van der Waals surface area contributed by atoms with Crippen LogP contribution >= 0.6 is 0 Å². The molecular weight excluding hydrogens is 542 g/mol. The second kappa shape index (κ2) is 10.2. The fourth-order valence-electron chi connectivity index (χ4n) is 8.43. The van der Waals surface area contributed by atoms with Crippen molar-refractivity contribution in [3.8, 4) is 22.3 Å². The molecule has 0 aliphatic heterocycles. The molecule has 1 aliphatic carbocycles. The SMILES string of the molecule is CCCCc1ccc2c(-c3ccc4c(c3)C(C)(C)c3cc5cccc6c(C(N)(CC)CC)cc7ccc-4c3c7c56)cccc2c1. The van der Waals surface area contributed by atoms with E-state index in [0.29, 0.717) is 0 Å². The summed E-state index contributed by atoms with van der Waals surface area (Å²) >= 11 is 0. The molecule has 224 valence electrons. The lowest BCUT2D eigenvalue weighted by Crippen LogP contribution is -2.35. The summed E-state index contributed by atoms with van der Waals surface area (Å²) in [4.78, 5) is 0. The maximum atomic E-state index is 7.09. The van der Waals surface area contributed by atoms with E-state index in [0.717, 1.165) is 19.3 Å². The van der Waals surface area contributed by atoms with Crippen LogP contribution in [0.5, 0.6) is 0 Å². The van der Waals surface area contributed by atoms with Crippen molar-refractivity contribution in [2.24, 2.45) is 5.73 Å². The van der Waals surface area contributed by atoms with Gasteiger partial charge in [0.15, 0.2) is 0 Å². The number of hydrogen-bond acceptors (Lipinski definition) is 1. The van der Waals surface area contributed by atoms with Crippen LogP contribution in [0.15, 0.2) is 97.1 Å². The van der Waals surface area contributed by atoms with Gasteiger partial charge in [-0.25, -0.2) is 0 Å². The van der Waals surface area contributed by atoms with Crippen LogP contribution in [0.2, 0.25) is 0 Å². The first kappa shape index (κ1) is 28.3. The summed E-state index contributed by atoms with van der Waals surface area (Å²) < 4.78 is 0. The molecule has 45 heavy (non-hydrogen) atoms. The number of aryl methyl sites for hydroxylation is 1. The number of fused-ring (bicyclic) bond motifs is 3. The summed E-state index contributed by atoms with van der Waals surface area (Å²) in [6.07, 6.45) is 5.44. The third kappa shape index (κ3) is 4.03. The van der Waals surface area contributed by atoms with Crippen LogP contribution < -0.4 is 5.73 Å².